The zero-order valence-electron chi connectivity index (χ0n) is 17.2. The second-order valence-corrected chi connectivity index (χ2v) is 8.01. The highest BCUT2D eigenvalue weighted by Crippen LogP contribution is 2.33. The highest BCUT2D eigenvalue weighted by molar-refractivity contribution is 9.10. The van der Waals surface area contributed by atoms with Gasteiger partial charge in [0.1, 0.15) is 23.2 Å². The van der Waals surface area contributed by atoms with Crippen LogP contribution in [0.1, 0.15) is 11.3 Å². The summed E-state index contributed by atoms with van der Waals surface area (Å²) in [5.41, 5.74) is 2.59. The minimum absolute atomic E-state index is 0.0478. The third kappa shape index (κ3) is 4.86. The summed E-state index contributed by atoms with van der Waals surface area (Å²) < 4.78 is 6.23. The summed E-state index contributed by atoms with van der Waals surface area (Å²) in [7, 11) is 0. The fraction of sp³-hybridized carbons (Fsp3) is 0.0833. The fourth-order valence-electron chi connectivity index (χ4n) is 3.43. The van der Waals surface area contributed by atoms with Gasteiger partial charge in [-0.2, -0.15) is 5.26 Å². The minimum atomic E-state index is -0.494. The number of halogens is 1. The number of H-pyrrole nitrogens is 1. The number of hydrogen-bond acceptors (Lipinski definition) is 5. The molecule has 33 heavy (non-hydrogen) atoms. The molecule has 9 heteroatoms. The van der Waals surface area contributed by atoms with Gasteiger partial charge < -0.3 is 14.7 Å². The van der Waals surface area contributed by atoms with Gasteiger partial charge in [0.25, 0.3) is 11.6 Å². The number of benzene rings is 2. The molecule has 8 nitrogen and oxygen atoms in total. The van der Waals surface area contributed by atoms with Gasteiger partial charge in [0.15, 0.2) is 0 Å². The number of carbonyl (C=O) groups is 1. The molecule has 0 spiro atoms. The summed E-state index contributed by atoms with van der Waals surface area (Å²) in [6, 6.07) is 17.4. The Labute approximate surface area is 196 Å². The smallest absolute Gasteiger partial charge is 0.270 e. The van der Waals surface area contributed by atoms with Crippen LogP contribution in [0.3, 0.4) is 0 Å². The number of aromatic nitrogens is 1. The molecule has 0 radical (unpaired) electrons. The van der Waals surface area contributed by atoms with Gasteiger partial charge in [0, 0.05) is 51.9 Å². The molecule has 4 rings (SSSR count). The molecular formula is C24H17BrN4O4. The Kier molecular flexibility index (Phi) is 6.38. The minimum Gasteiger partial charge on any atom is -0.457 e. The number of aromatic amines is 1. The number of nitrogens with zero attached hydrogens (tertiary/aromatic N) is 2. The van der Waals surface area contributed by atoms with Crippen molar-refractivity contribution in [2.45, 2.75) is 6.42 Å². The van der Waals surface area contributed by atoms with Crippen molar-refractivity contribution in [2.75, 3.05) is 6.54 Å². The molecule has 2 aromatic carbocycles. The van der Waals surface area contributed by atoms with E-state index in [0.717, 1.165) is 16.5 Å². The average molecular weight is 505 g/mol. The number of hydrogen-bond donors (Lipinski definition) is 2. The highest BCUT2D eigenvalue weighted by atomic mass is 79.9. The van der Waals surface area contributed by atoms with Gasteiger partial charge in [-0.05, 0) is 52.2 Å². The summed E-state index contributed by atoms with van der Waals surface area (Å²) in [5, 5.41) is 24.2. The van der Waals surface area contributed by atoms with E-state index in [9.17, 15) is 20.2 Å². The maximum absolute atomic E-state index is 12.5. The Morgan fingerprint density at radius 2 is 2.06 bits per heavy atom. The molecule has 0 unspecified atom stereocenters. The van der Waals surface area contributed by atoms with Gasteiger partial charge in [-0.3, -0.25) is 14.9 Å². The number of carbonyl (C=O) groups excluding carboxylic acids is 1. The van der Waals surface area contributed by atoms with E-state index in [4.69, 9.17) is 4.42 Å². The van der Waals surface area contributed by atoms with E-state index in [-0.39, 0.29) is 11.3 Å². The number of rotatable bonds is 7. The van der Waals surface area contributed by atoms with Crippen molar-refractivity contribution in [2.24, 2.45) is 0 Å². The first-order valence-electron chi connectivity index (χ1n) is 9.95. The lowest BCUT2D eigenvalue weighted by molar-refractivity contribution is -0.384. The molecule has 2 aromatic heterocycles. The van der Waals surface area contributed by atoms with Crippen LogP contribution in [0.2, 0.25) is 0 Å². The van der Waals surface area contributed by atoms with Crippen LogP contribution in [0.15, 0.2) is 75.3 Å². The number of para-hydroxylation sites is 1. The van der Waals surface area contributed by atoms with Crippen molar-refractivity contribution in [1.82, 2.24) is 10.3 Å². The number of fused-ring (bicyclic) bond motifs is 1. The number of amides is 1. The third-order valence-corrected chi connectivity index (χ3v) is 5.72. The topological polar surface area (TPSA) is 125 Å². The predicted molar refractivity (Wildman–Crippen MR) is 127 cm³/mol. The molecule has 2 N–H and O–H groups in total. The predicted octanol–water partition coefficient (Wildman–Crippen LogP) is 5.36. The zero-order chi connectivity index (χ0) is 23.4. The second-order valence-electron chi connectivity index (χ2n) is 7.16. The maximum atomic E-state index is 12.5. The summed E-state index contributed by atoms with van der Waals surface area (Å²) in [6.07, 6.45) is 3.90. The van der Waals surface area contributed by atoms with Crippen molar-refractivity contribution in [3.05, 3.63) is 92.3 Å². The fourth-order valence-corrected chi connectivity index (χ4v) is 3.99. The summed E-state index contributed by atoms with van der Waals surface area (Å²) in [6.45, 7) is 0.374. The van der Waals surface area contributed by atoms with E-state index >= 15 is 0 Å². The van der Waals surface area contributed by atoms with Crippen LogP contribution in [0, 0.1) is 21.4 Å². The van der Waals surface area contributed by atoms with Crippen LogP contribution >= 0.6 is 15.9 Å². The number of non-ortho nitro benzene ring substituents is 1. The largest absolute Gasteiger partial charge is 0.457 e. The summed E-state index contributed by atoms with van der Waals surface area (Å²) in [4.78, 5) is 26.1. The Balaban J connectivity index is 1.43. The normalized spacial score (nSPS) is 11.3. The number of nitrogens with one attached hydrogen (secondary N) is 2. The lowest BCUT2D eigenvalue weighted by Crippen LogP contribution is -2.26. The average Bonchev–Trinajstić information content (AvgIpc) is 3.44. The van der Waals surface area contributed by atoms with E-state index in [0.29, 0.717) is 34.5 Å². The molecule has 0 aliphatic heterocycles. The van der Waals surface area contributed by atoms with Crippen LogP contribution in [0.4, 0.5) is 5.69 Å². The van der Waals surface area contributed by atoms with Crippen LogP contribution in [-0.2, 0) is 11.2 Å². The van der Waals surface area contributed by atoms with E-state index < -0.39 is 10.8 Å². The molecule has 0 saturated heterocycles. The number of nitriles is 1. The molecule has 1 amide bonds. The molecule has 0 fully saturated rings. The molecule has 0 aliphatic carbocycles. The Hall–Kier alpha value is -4.16. The van der Waals surface area contributed by atoms with Crippen molar-refractivity contribution in [1.29, 1.82) is 5.26 Å². The number of furan rings is 1. The zero-order valence-corrected chi connectivity index (χ0v) is 18.8. The number of nitro benzene ring substituents is 1. The summed E-state index contributed by atoms with van der Waals surface area (Å²) in [5.74, 6) is 0.269. The molecule has 0 aliphatic rings. The lowest BCUT2D eigenvalue weighted by Gasteiger charge is -2.04. The van der Waals surface area contributed by atoms with Crippen molar-refractivity contribution < 1.29 is 14.1 Å². The van der Waals surface area contributed by atoms with E-state index in [2.05, 4.69) is 26.2 Å². The quantitative estimate of drug-likeness (QED) is 0.151. The highest BCUT2D eigenvalue weighted by Gasteiger charge is 2.15. The molecular weight excluding hydrogens is 488 g/mol. The molecule has 0 saturated carbocycles. The van der Waals surface area contributed by atoms with Crippen LogP contribution in [0.5, 0.6) is 0 Å². The van der Waals surface area contributed by atoms with Gasteiger partial charge in [0.2, 0.25) is 0 Å². The van der Waals surface area contributed by atoms with Crippen LogP contribution < -0.4 is 5.32 Å². The monoisotopic (exact) mass is 504 g/mol. The summed E-state index contributed by atoms with van der Waals surface area (Å²) >= 11 is 3.31. The lowest BCUT2D eigenvalue weighted by atomic mass is 10.1. The van der Waals surface area contributed by atoms with E-state index in [1.54, 1.807) is 18.2 Å². The molecule has 2 heterocycles. The van der Waals surface area contributed by atoms with E-state index in [1.807, 2.05) is 36.5 Å². The van der Waals surface area contributed by atoms with Crippen molar-refractivity contribution in [3.8, 4) is 17.4 Å². The van der Waals surface area contributed by atoms with Gasteiger partial charge in [-0.1, -0.05) is 18.2 Å². The molecule has 4 aromatic rings. The van der Waals surface area contributed by atoms with Gasteiger partial charge in [-0.15, -0.1) is 0 Å². The Bertz CT molecular complexity index is 1430. The standard InChI is InChI=1S/C24H17BrN4O4/c25-21-12-17(29(31)32)5-7-20(21)23-8-6-18(33-23)11-16(13-26)24(30)27-10-9-15-14-28-22-4-2-1-3-19(15)22/h1-8,11-12,14,28H,9-10H2,(H,27,30)/b16-11+. The van der Waals surface area contributed by atoms with Crippen molar-refractivity contribution >= 4 is 44.5 Å². The second kappa shape index (κ2) is 9.54. The van der Waals surface area contributed by atoms with Crippen LogP contribution in [0.25, 0.3) is 28.3 Å². The van der Waals surface area contributed by atoms with Crippen molar-refractivity contribution in [3.63, 3.8) is 0 Å². The number of nitro groups is 1. The Morgan fingerprint density at radius 1 is 1.24 bits per heavy atom. The first kappa shape index (κ1) is 22.0. The third-order valence-electron chi connectivity index (χ3n) is 5.06. The van der Waals surface area contributed by atoms with E-state index in [1.165, 1.54) is 18.2 Å². The first-order chi connectivity index (χ1) is 16.0. The maximum Gasteiger partial charge on any atom is 0.270 e. The Morgan fingerprint density at radius 3 is 2.82 bits per heavy atom. The van der Waals surface area contributed by atoms with Crippen LogP contribution in [-0.4, -0.2) is 22.4 Å². The van der Waals surface area contributed by atoms with Gasteiger partial charge in [0.05, 0.1) is 4.92 Å². The SMILES string of the molecule is N#C/C(=C\c1ccc(-c2ccc([N+](=O)[O-])cc2Br)o1)C(=O)NCCc1c[nH]c2ccccc12. The first-order valence-corrected chi connectivity index (χ1v) is 10.7. The van der Waals surface area contributed by atoms with Gasteiger partial charge >= 0.3 is 0 Å². The molecule has 0 bridgehead atoms. The molecule has 0 atom stereocenters. The molecule has 164 valence electrons. The van der Waals surface area contributed by atoms with Gasteiger partial charge in [-0.25, -0.2) is 0 Å².